The standard InChI is InChI=1S/C20H18N6OS/c1-14-5-7-15(8-6-14)12-22-18(27)13-28-19-10-9-17-23-24-20(26(17)25-19)16-4-2-3-11-21-16/h2-11H,12-13H2,1H3,(H,22,27). The van der Waals surface area contributed by atoms with Gasteiger partial charge in [-0.25, -0.2) is 0 Å². The maximum Gasteiger partial charge on any atom is 0.230 e. The highest BCUT2D eigenvalue weighted by molar-refractivity contribution is 7.99. The lowest BCUT2D eigenvalue weighted by Gasteiger charge is -2.06. The highest BCUT2D eigenvalue weighted by Crippen LogP contribution is 2.19. The number of pyridine rings is 1. The summed E-state index contributed by atoms with van der Waals surface area (Å²) in [6.45, 7) is 2.55. The zero-order valence-electron chi connectivity index (χ0n) is 15.2. The number of carbonyl (C=O) groups is 1. The predicted molar refractivity (Wildman–Crippen MR) is 108 cm³/mol. The van der Waals surface area contributed by atoms with Crippen LogP contribution in [0, 0.1) is 6.92 Å². The molecule has 8 heteroatoms. The molecule has 1 aromatic carbocycles. The second kappa shape index (κ2) is 8.18. The van der Waals surface area contributed by atoms with E-state index in [1.807, 2.05) is 61.5 Å². The fourth-order valence-corrected chi connectivity index (χ4v) is 3.29. The molecule has 0 fully saturated rings. The molecule has 0 saturated heterocycles. The summed E-state index contributed by atoms with van der Waals surface area (Å²) in [5.41, 5.74) is 3.61. The van der Waals surface area contributed by atoms with Gasteiger partial charge in [-0.05, 0) is 36.8 Å². The first-order valence-electron chi connectivity index (χ1n) is 8.78. The van der Waals surface area contributed by atoms with Crippen LogP contribution < -0.4 is 5.32 Å². The molecule has 7 nitrogen and oxygen atoms in total. The third-order valence-electron chi connectivity index (χ3n) is 4.09. The summed E-state index contributed by atoms with van der Waals surface area (Å²) in [7, 11) is 0. The Morgan fingerprint density at radius 3 is 2.71 bits per heavy atom. The number of nitrogens with zero attached hydrogens (tertiary/aromatic N) is 5. The van der Waals surface area contributed by atoms with Gasteiger partial charge in [0.1, 0.15) is 10.7 Å². The zero-order valence-corrected chi connectivity index (χ0v) is 16.1. The second-order valence-corrected chi connectivity index (χ2v) is 7.23. The number of nitrogens with one attached hydrogen (secondary N) is 1. The molecule has 0 spiro atoms. The minimum Gasteiger partial charge on any atom is -0.351 e. The van der Waals surface area contributed by atoms with E-state index >= 15 is 0 Å². The number of hydrogen-bond donors (Lipinski definition) is 1. The number of rotatable bonds is 6. The van der Waals surface area contributed by atoms with E-state index in [-0.39, 0.29) is 11.7 Å². The van der Waals surface area contributed by atoms with Crippen molar-refractivity contribution in [1.82, 2.24) is 30.1 Å². The fraction of sp³-hybridized carbons (Fsp3) is 0.150. The molecule has 1 N–H and O–H groups in total. The van der Waals surface area contributed by atoms with E-state index in [1.54, 1.807) is 10.7 Å². The molecule has 0 saturated carbocycles. The average Bonchev–Trinajstić information content (AvgIpc) is 3.16. The van der Waals surface area contributed by atoms with Gasteiger partial charge in [-0.2, -0.15) is 9.61 Å². The van der Waals surface area contributed by atoms with Crippen LogP contribution in [0.5, 0.6) is 0 Å². The monoisotopic (exact) mass is 390 g/mol. The van der Waals surface area contributed by atoms with E-state index in [0.717, 1.165) is 10.6 Å². The van der Waals surface area contributed by atoms with Crippen LogP contribution in [-0.4, -0.2) is 36.5 Å². The van der Waals surface area contributed by atoms with Gasteiger partial charge < -0.3 is 5.32 Å². The van der Waals surface area contributed by atoms with Crippen LogP contribution in [0.1, 0.15) is 11.1 Å². The lowest BCUT2D eigenvalue weighted by Crippen LogP contribution is -2.24. The van der Waals surface area contributed by atoms with Crippen molar-refractivity contribution in [2.24, 2.45) is 0 Å². The van der Waals surface area contributed by atoms with Gasteiger partial charge >= 0.3 is 0 Å². The molecule has 0 aliphatic rings. The zero-order chi connectivity index (χ0) is 19.3. The van der Waals surface area contributed by atoms with Gasteiger partial charge in [-0.3, -0.25) is 9.78 Å². The van der Waals surface area contributed by atoms with E-state index in [9.17, 15) is 4.79 Å². The minimum absolute atomic E-state index is 0.0406. The normalized spacial score (nSPS) is 10.9. The van der Waals surface area contributed by atoms with Crippen LogP contribution in [0.3, 0.4) is 0 Å². The Kier molecular flexibility index (Phi) is 5.29. The van der Waals surface area contributed by atoms with Gasteiger partial charge in [0, 0.05) is 12.7 Å². The number of benzene rings is 1. The third-order valence-corrected chi connectivity index (χ3v) is 5.01. The van der Waals surface area contributed by atoms with Crippen molar-refractivity contribution in [2.75, 3.05) is 5.75 Å². The first-order valence-corrected chi connectivity index (χ1v) is 9.76. The van der Waals surface area contributed by atoms with E-state index < -0.39 is 0 Å². The predicted octanol–water partition coefficient (Wildman–Crippen LogP) is 2.90. The second-order valence-electron chi connectivity index (χ2n) is 6.23. The summed E-state index contributed by atoms with van der Waals surface area (Å²) in [5.74, 6) is 0.814. The van der Waals surface area contributed by atoms with Crippen LogP contribution in [-0.2, 0) is 11.3 Å². The number of aryl methyl sites for hydroxylation is 1. The molecule has 1 amide bonds. The molecule has 140 valence electrons. The number of hydrogen-bond acceptors (Lipinski definition) is 6. The van der Waals surface area contributed by atoms with E-state index in [2.05, 4.69) is 25.6 Å². The highest BCUT2D eigenvalue weighted by atomic mass is 32.2. The Morgan fingerprint density at radius 1 is 1.07 bits per heavy atom. The molecular weight excluding hydrogens is 372 g/mol. The first-order chi connectivity index (χ1) is 13.7. The van der Waals surface area contributed by atoms with E-state index in [0.29, 0.717) is 23.7 Å². The quantitative estimate of drug-likeness (QED) is 0.510. The first kappa shape index (κ1) is 18.1. The molecule has 0 aliphatic carbocycles. The Morgan fingerprint density at radius 2 is 1.93 bits per heavy atom. The van der Waals surface area contributed by atoms with Gasteiger partial charge in [-0.1, -0.05) is 47.7 Å². The van der Waals surface area contributed by atoms with Gasteiger partial charge in [-0.15, -0.1) is 10.2 Å². The average molecular weight is 390 g/mol. The molecule has 0 unspecified atom stereocenters. The Hall–Kier alpha value is -3.26. The van der Waals surface area contributed by atoms with Crippen LogP contribution in [0.2, 0.25) is 0 Å². The maximum atomic E-state index is 12.2. The van der Waals surface area contributed by atoms with Crippen molar-refractivity contribution in [1.29, 1.82) is 0 Å². The molecule has 0 atom stereocenters. The van der Waals surface area contributed by atoms with Crippen molar-refractivity contribution >= 4 is 23.3 Å². The van der Waals surface area contributed by atoms with Crippen molar-refractivity contribution in [3.05, 3.63) is 71.9 Å². The summed E-state index contributed by atoms with van der Waals surface area (Å²) in [6, 6.07) is 17.4. The molecule has 4 rings (SSSR count). The number of fused-ring (bicyclic) bond motifs is 1. The third kappa shape index (κ3) is 4.17. The SMILES string of the molecule is Cc1ccc(CNC(=O)CSc2ccc3nnc(-c4ccccn4)n3n2)cc1. The maximum absolute atomic E-state index is 12.2. The molecule has 28 heavy (non-hydrogen) atoms. The highest BCUT2D eigenvalue weighted by Gasteiger charge is 2.11. The topological polar surface area (TPSA) is 85.1 Å². The van der Waals surface area contributed by atoms with Gasteiger partial charge in [0.2, 0.25) is 11.7 Å². The number of thioether (sulfide) groups is 1. The minimum atomic E-state index is -0.0406. The van der Waals surface area contributed by atoms with E-state index in [4.69, 9.17) is 0 Å². The molecule has 0 radical (unpaired) electrons. The molecular formula is C20H18N6OS. The van der Waals surface area contributed by atoms with Crippen LogP contribution in [0.25, 0.3) is 17.2 Å². The molecule has 0 aliphatic heterocycles. The molecule has 3 aromatic heterocycles. The number of carbonyl (C=O) groups excluding carboxylic acids is 1. The Balaban J connectivity index is 1.40. The summed E-state index contributed by atoms with van der Waals surface area (Å²) >= 11 is 1.37. The van der Waals surface area contributed by atoms with Crippen molar-refractivity contribution < 1.29 is 4.79 Å². The lowest BCUT2D eigenvalue weighted by atomic mass is 10.1. The van der Waals surface area contributed by atoms with Gasteiger partial charge in [0.15, 0.2) is 5.65 Å². The van der Waals surface area contributed by atoms with Gasteiger partial charge in [0.05, 0.1) is 5.75 Å². The fourth-order valence-electron chi connectivity index (χ4n) is 2.60. The van der Waals surface area contributed by atoms with Crippen molar-refractivity contribution in [2.45, 2.75) is 18.5 Å². The van der Waals surface area contributed by atoms with Crippen LogP contribution in [0.15, 0.2) is 65.8 Å². The summed E-state index contributed by atoms with van der Waals surface area (Å²) in [6.07, 6.45) is 1.70. The van der Waals surface area contributed by atoms with Crippen molar-refractivity contribution in [3.8, 4) is 11.5 Å². The Bertz CT molecular complexity index is 1090. The summed E-state index contributed by atoms with van der Waals surface area (Å²) in [4.78, 5) is 16.5. The molecule has 3 heterocycles. The summed E-state index contributed by atoms with van der Waals surface area (Å²) < 4.78 is 1.65. The van der Waals surface area contributed by atoms with E-state index in [1.165, 1.54) is 17.3 Å². The summed E-state index contributed by atoms with van der Waals surface area (Å²) in [5, 5.41) is 16.5. The Labute approximate surface area is 166 Å². The number of amides is 1. The largest absolute Gasteiger partial charge is 0.351 e. The smallest absolute Gasteiger partial charge is 0.230 e. The molecule has 0 bridgehead atoms. The number of aromatic nitrogens is 5. The van der Waals surface area contributed by atoms with Gasteiger partial charge in [0.25, 0.3) is 0 Å². The van der Waals surface area contributed by atoms with Crippen LogP contribution in [0.4, 0.5) is 0 Å². The van der Waals surface area contributed by atoms with Crippen molar-refractivity contribution in [3.63, 3.8) is 0 Å². The van der Waals surface area contributed by atoms with Crippen LogP contribution >= 0.6 is 11.8 Å². The lowest BCUT2D eigenvalue weighted by molar-refractivity contribution is -0.118. The molecule has 4 aromatic rings.